The molecule has 1 heterocycles. The van der Waals surface area contributed by atoms with E-state index in [4.69, 9.17) is 0 Å². The van der Waals surface area contributed by atoms with Crippen LogP contribution in [0.1, 0.15) is 48.9 Å². The second kappa shape index (κ2) is 7.67. The maximum atomic E-state index is 13.3. The van der Waals surface area contributed by atoms with Gasteiger partial charge in [0.1, 0.15) is 0 Å². The van der Waals surface area contributed by atoms with E-state index >= 15 is 0 Å². The molecule has 1 fully saturated rings. The molecule has 0 amide bonds. The molecule has 0 N–H and O–H groups in total. The van der Waals surface area contributed by atoms with Gasteiger partial charge in [0.25, 0.3) is 0 Å². The van der Waals surface area contributed by atoms with Gasteiger partial charge in [0, 0.05) is 24.5 Å². The summed E-state index contributed by atoms with van der Waals surface area (Å²) < 4.78 is 28.4. The Labute approximate surface area is 151 Å². The lowest BCUT2D eigenvalue weighted by Gasteiger charge is -2.34. The van der Waals surface area contributed by atoms with Crippen molar-refractivity contribution in [3.63, 3.8) is 0 Å². The Balaban J connectivity index is 1.99. The summed E-state index contributed by atoms with van der Waals surface area (Å²) in [4.78, 5) is 4.69. The summed E-state index contributed by atoms with van der Waals surface area (Å²) in [6.07, 6.45) is 7.04. The topological polar surface area (TPSA) is 50.3 Å². The molecule has 5 heteroatoms. The van der Waals surface area contributed by atoms with Crippen molar-refractivity contribution in [1.29, 1.82) is 0 Å². The highest BCUT2D eigenvalue weighted by molar-refractivity contribution is 7.89. The molecule has 1 aromatic heterocycles. The van der Waals surface area contributed by atoms with Gasteiger partial charge >= 0.3 is 0 Å². The van der Waals surface area contributed by atoms with E-state index < -0.39 is 10.0 Å². The first-order valence-electron chi connectivity index (χ1n) is 8.98. The average molecular weight is 359 g/mol. The van der Waals surface area contributed by atoms with Crippen LogP contribution >= 0.6 is 0 Å². The lowest BCUT2D eigenvalue weighted by Crippen LogP contribution is -2.41. The fourth-order valence-electron chi connectivity index (χ4n) is 3.54. The molecule has 4 nitrogen and oxygen atoms in total. The zero-order valence-electron chi connectivity index (χ0n) is 15.0. The van der Waals surface area contributed by atoms with Gasteiger partial charge in [0.05, 0.1) is 4.90 Å². The standard InChI is InChI=1S/C20H26N2O2S/c1-16-17(2)21-14-13-18(16)15-22(19-9-5-3-6-10-19)25(23,24)20-11-7-4-8-12-20/h4,7-8,11-14,19H,3,5-6,9-10,15H2,1-2H3. The first kappa shape index (κ1) is 18.1. The number of aromatic nitrogens is 1. The van der Waals surface area contributed by atoms with Crippen LogP contribution in [0.4, 0.5) is 0 Å². The van der Waals surface area contributed by atoms with Gasteiger partial charge < -0.3 is 0 Å². The summed E-state index contributed by atoms with van der Waals surface area (Å²) in [6.45, 7) is 4.40. The third kappa shape index (κ3) is 3.93. The molecule has 1 aliphatic rings. The Morgan fingerprint density at radius 1 is 1.04 bits per heavy atom. The van der Waals surface area contributed by atoms with Crippen LogP contribution in [0.25, 0.3) is 0 Å². The minimum atomic E-state index is -3.52. The van der Waals surface area contributed by atoms with Gasteiger partial charge in [-0.25, -0.2) is 8.42 Å². The van der Waals surface area contributed by atoms with Crippen LogP contribution < -0.4 is 0 Å². The zero-order valence-corrected chi connectivity index (χ0v) is 15.8. The van der Waals surface area contributed by atoms with Gasteiger partial charge in [-0.2, -0.15) is 4.31 Å². The Morgan fingerprint density at radius 3 is 2.40 bits per heavy atom. The molecule has 0 aliphatic heterocycles. The third-order valence-corrected chi connectivity index (χ3v) is 7.14. The van der Waals surface area contributed by atoms with Crippen molar-refractivity contribution in [3.8, 4) is 0 Å². The predicted octanol–water partition coefficient (Wildman–Crippen LogP) is 4.22. The minimum Gasteiger partial charge on any atom is -0.261 e. The van der Waals surface area contributed by atoms with Crippen molar-refractivity contribution in [2.45, 2.75) is 63.4 Å². The highest BCUT2D eigenvalue weighted by atomic mass is 32.2. The molecule has 0 spiro atoms. The molecule has 0 unspecified atom stereocenters. The fraction of sp³-hybridized carbons (Fsp3) is 0.450. The first-order valence-corrected chi connectivity index (χ1v) is 10.4. The molecular weight excluding hydrogens is 332 g/mol. The lowest BCUT2D eigenvalue weighted by molar-refractivity contribution is 0.247. The van der Waals surface area contributed by atoms with E-state index in [2.05, 4.69) is 4.98 Å². The average Bonchev–Trinajstić information content (AvgIpc) is 2.64. The van der Waals surface area contributed by atoms with Gasteiger partial charge in [0.15, 0.2) is 0 Å². The van der Waals surface area contributed by atoms with E-state index in [1.807, 2.05) is 26.0 Å². The van der Waals surface area contributed by atoms with Crippen molar-refractivity contribution in [2.24, 2.45) is 0 Å². The molecule has 1 aromatic carbocycles. The first-order chi connectivity index (χ1) is 12.0. The van der Waals surface area contributed by atoms with Crippen molar-refractivity contribution in [3.05, 3.63) is 59.4 Å². The van der Waals surface area contributed by atoms with Gasteiger partial charge in [0.2, 0.25) is 10.0 Å². The second-order valence-electron chi connectivity index (χ2n) is 6.84. The Hall–Kier alpha value is -1.72. The Kier molecular flexibility index (Phi) is 5.54. The van der Waals surface area contributed by atoms with Crippen molar-refractivity contribution in [2.75, 3.05) is 0 Å². The van der Waals surface area contributed by atoms with Crippen LogP contribution in [0, 0.1) is 13.8 Å². The zero-order chi connectivity index (χ0) is 17.9. The highest BCUT2D eigenvalue weighted by Crippen LogP contribution is 2.30. The molecule has 1 aliphatic carbocycles. The normalized spacial score (nSPS) is 16.3. The molecule has 3 rings (SSSR count). The van der Waals surface area contributed by atoms with Gasteiger partial charge in [-0.3, -0.25) is 4.98 Å². The van der Waals surface area contributed by atoms with Gasteiger partial charge in [-0.05, 0) is 56.0 Å². The Morgan fingerprint density at radius 2 is 1.72 bits per heavy atom. The third-order valence-electron chi connectivity index (χ3n) is 5.23. The molecule has 25 heavy (non-hydrogen) atoms. The van der Waals surface area contributed by atoms with Crippen LogP contribution in [-0.4, -0.2) is 23.7 Å². The summed E-state index contributed by atoms with van der Waals surface area (Å²) in [5.41, 5.74) is 3.07. The minimum absolute atomic E-state index is 0.0758. The van der Waals surface area contributed by atoms with E-state index in [1.165, 1.54) is 6.42 Å². The van der Waals surface area contributed by atoms with E-state index in [0.29, 0.717) is 11.4 Å². The van der Waals surface area contributed by atoms with Crippen LogP contribution in [0.2, 0.25) is 0 Å². The number of benzene rings is 1. The molecule has 134 valence electrons. The van der Waals surface area contributed by atoms with Crippen LogP contribution in [0.5, 0.6) is 0 Å². The van der Waals surface area contributed by atoms with Crippen LogP contribution in [0.3, 0.4) is 0 Å². The second-order valence-corrected chi connectivity index (χ2v) is 8.73. The van der Waals surface area contributed by atoms with Gasteiger partial charge in [-0.15, -0.1) is 0 Å². The smallest absolute Gasteiger partial charge is 0.243 e. The summed E-state index contributed by atoms with van der Waals surface area (Å²) in [7, 11) is -3.52. The van der Waals surface area contributed by atoms with Crippen LogP contribution in [0.15, 0.2) is 47.5 Å². The van der Waals surface area contributed by atoms with E-state index in [1.54, 1.807) is 34.8 Å². The molecule has 0 bridgehead atoms. The van der Waals surface area contributed by atoms with Crippen molar-refractivity contribution < 1.29 is 8.42 Å². The van der Waals surface area contributed by atoms with Crippen LogP contribution in [-0.2, 0) is 16.6 Å². The molecule has 0 atom stereocenters. The monoisotopic (exact) mass is 358 g/mol. The summed E-state index contributed by atoms with van der Waals surface area (Å²) in [6, 6.07) is 10.8. The molecular formula is C20H26N2O2S. The quantitative estimate of drug-likeness (QED) is 0.804. The molecule has 0 saturated heterocycles. The summed E-state index contributed by atoms with van der Waals surface area (Å²) in [5.74, 6) is 0. The fourth-order valence-corrected chi connectivity index (χ4v) is 5.22. The summed E-state index contributed by atoms with van der Waals surface area (Å²) in [5, 5.41) is 0. The maximum Gasteiger partial charge on any atom is 0.243 e. The lowest BCUT2D eigenvalue weighted by atomic mass is 9.95. The highest BCUT2D eigenvalue weighted by Gasteiger charge is 2.32. The number of hydrogen-bond acceptors (Lipinski definition) is 3. The Bertz CT molecular complexity index is 813. The van der Waals surface area contributed by atoms with Crippen molar-refractivity contribution in [1.82, 2.24) is 9.29 Å². The van der Waals surface area contributed by atoms with E-state index in [9.17, 15) is 8.42 Å². The largest absolute Gasteiger partial charge is 0.261 e. The number of rotatable bonds is 5. The number of hydrogen-bond donors (Lipinski definition) is 0. The molecule has 2 aromatic rings. The number of sulfonamides is 1. The predicted molar refractivity (Wildman–Crippen MR) is 99.8 cm³/mol. The number of pyridine rings is 1. The molecule has 1 saturated carbocycles. The van der Waals surface area contributed by atoms with E-state index in [-0.39, 0.29) is 6.04 Å². The SMILES string of the molecule is Cc1nccc(CN(C2CCCCC2)S(=O)(=O)c2ccccc2)c1C. The van der Waals surface area contributed by atoms with Crippen molar-refractivity contribution >= 4 is 10.0 Å². The maximum absolute atomic E-state index is 13.3. The molecule has 0 radical (unpaired) electrons. The van der Waals surface area contributed by atoms with E-state index in [0.717, 1.165) is 42.5 Å². The van der Waals surface area contributed by atoms with Gasteiger partial charge in [-0.1, -0.05) is 37.5 Å². The summed E-state index contributed by atoms with van der Waals surface area (Å²) >= 11 is 0. The number of nitrogens with zero attached hydrogens (tertiary/aromatic N) is 2. The number of aryl methyl sites for hydroxylation is 1.